The monoisotopic (exact) mass is 810 g/mol. The minimum absolute atomic E-state index is 0.0986. The zero-order chi connectivity index (χ0) is 41.9. The van der Waals surface area contributed by atoms with Crippen molar-refractivity contribution in [1.82, 2.24) is 14.8 Å². The van der Waals surface area contributed by atoms with Gasteiger partial charge in [0.2, 0.25) is 5.60 Å². The normalized spacial score (nSPS) is 37.0. The molecule has 2 saturated heterocycles. The fourth-order valence-electron chi connectivity index (χ4n) is 13.5. The average molecular weight is 811 g/mol. The van der Waals surface area contributed by atoms with Gasteiger partial charge in [-0.05, 0) is 74.2 Å². The molecule has 0 radical (unpaired) electrons. The number of aromatic nitrogens is 1. The van der Waals surface area contributed by atoms with Crippen molar-refractivity contribution in [2.24, 2.45) is 11.3 Å². The van der Waals surface area contributed by atoms with Crippen molar-refractivity contribution < 1.29 is 43.5 Å². The molecule has 1 aliphatic carbocycles. The molecule has 0 amide bonds. The molecule has 2 aromatic carbocycles. The van der Waals surface area contributed by atoms with Crippen molar-refractivity contribution in [2.45, 2.75) is 99.5 Å². The number of ether oxygens (including phenoxy) is 4. The molecule has 1 spiro atoms. The third-order valence-corrected chi connectivity index (χ3v) is 15.6. The third-order valence-electron chi connectivity index (χ3n) is 15.6. The molecule has 316 valence electrons. The number of benzene rings is 2. The second-order valence-corrected chi connectivity index (χ2v) is 18.2. The molecule has 13 nitrogen and oxygen atoms in total. The number of hydrogen-bond acceptors (Lipinski definition) is 12. The second kappa shape index (κ2) is 13.8. The summed E-state index contributed by atoms with van der Waals surface area (Å²) in [5.74, 6) is -1.56. The van der Waals surface area contributed by atoms with E-state index >= 15 is 4.79 Å². The number of hydrogen-bond donors (Lipinski definition) is 3. The van der Waals surface area contributed by atoms with Gasteiger partial charge in [0.25, 0.3) is 0 Å². The molecule has 5 aliphatic heterocycles. The van der Waals surface area contributed by atoms with E-state index in [4.69, 9.17) is 18.9 Å². The number of carbonyl (C=O) groups is 3. The summed E-state index contributed by atoms with van der Waals surface area (Å²) in [6.45, 7) is 8.62. The topological polar surface area (TPSA) is 154 Å². The summed E-state index contributed by atoms with van der Waals surface area (Å²) in [4.78, 5) is 53.2. The number of piperidine rings is 1. The Morgan fingerprint density at radius 1 is 0.949 bits per heavy atom. The minimum Gasteiger partial charge on any atom is -0.496 e. The SMILES string of the molecule is CC[C@]1(O)C[C@H]2CN(CCc3c([nH]c4ccccc34)[C@](C(=O)OC)(c3cc4c(cc3OC)N(C)[C@@H]3[C@](O)(C(=O)OC)[C@H](OC(C)=O)[C@]5(CC)C=CCN6CC[C@@]43[C@@H]65)C2)C1. The van der Waals surface area contributed by atoms with Crippen LogP contribution in [-0.4, -0.2) is 133 Å². The molecule has 1 saturated carbocycles. The van der Waals surface area contributed by atoms with E-state index in [2.05, 4.69) is 39.1 Å². The molecule has 1 aromatic heterocycles. The summed E-state index contributed by atoms with van der Waals surface area (Å²) < 4.78 is 23.9. The Kier molecular flexibility index (Phi) is 9.36. The number of carbonyl (C=O) groups excluding carboxylic acids is 3. The highest BCUT2D eigenvalue weighted by molar-refractivity contribution is 5.95. The average Bonchev–Trinajstić information content (AvgIpc) is 3.90. The van der Waals surface area contributed by atoms with E-state index in [0.717, 1.165) is 33.4 Å². The van der Waals surface area contributed by atoms with Crippen molar-refractivity contribution in [1.29, 1.82) is 0 Å². The summed E-state index contributed by atoms with van der Waals surface area (Å²) in [6, 6.07) is 11.0. The van der Waals surface area contributed by atoms with Crippen LogP contribution >= 0.6 is 0 Å². The molecule has 3 aromatic rings. The lowest BCUT2D eigenvalue weighted by Crippen LogP contribution is -2.81. The fourth-order valence-corrected chi connectivity index (χ4v) is 13.5. The molecule has 6 heterocycles. The summed E-state index contributed by atoms with van der Waals surface area (Å²) in [7, 11) is 6.15. The number of aromatic amines is 1. The van der Waals surface area contributed by atoms with Gasteiger partial charge >= 0.3 is 17.9 Å². The zero-order valence-electron chi connectivity index (χ0n) is 35.3. The Labute approximate surface area is 345 Å². The molecule has 6 aliphatic rings. The number of H-pyrrole nitrogens is 1. The van der Waals surface area contributed by atoms with Crippen LogP contribution in [0.15, 0.2) is 48.6 Å². The van der Waals surface area contributed by atoms with Crippen LogP contribution in [0, 0.1) is 11.3 Å². The van der Waals surface area contributed by atoms with Gasteiger partial charge < -0.3 is 39.0 Å². The lowest BCUT2D eigenvalue weighted by atomic mass is 9.47. The van der Waals surface area contributed by atoms with E-state index < -0.39 is 57.5 Å². The first-order chi connectivity index (χ1) is 28.2. The Hall–Kier alpha value is -4.43. The molecule has 13 heteroatoms. The van der Waals surface area contributed by atoms with Crippen LogP contribution in [0.5, 0.6) is 5.75 Å². The van der Waals surface area contributed by atoms with Crippen molar-refractivity contribution >= 4 is 34.5 Å². The van der Waals surface area contributed by atoms with Crippen molar-refractivity contribution in [3.05, 3.63) is 70.9 Å². The number of likely N-dealkylation sites (N-methyl/N-ethyl adjacent to an activating group) is 1. The van der Waals surface area contributed by atoms with Gasteiger partial charge in [-0.3, -0.25) is 19.4 Å². The third kappa shape index (κ3) is 5.20. The molecule has 9 rings (SSSR count). The van der Waals surface area contributed by atoms with Gasteiger partial charge in [-0.2, -0.15) is 0 Å². The van der Waals surface area contributed by atoms with E-state index in [1.165, 1.54) is 21.1 Å². The number of fused-ring (bicyclic) bond motifs is 6. The maximum atomic E-state index is 15.3. The van der Waals surface area contributed by atoms with Crippen LogP contribution in [-0.2, 0) is 45.8 Å². The highest BCUT2D eigenvalue weighted by atomic mass is 16.6. The smallest absolute Gasteiger partial charge is 0.344 e. The predicted octanol–water partition coefficient (Wildman–Crippen LogP) is 3.99. The van der Waals surface area contributed by atoms with E-state index in [1.807, 2.05) is 50.1 Å². The minimum atomic E-state index is -2.30. The number of methoxy groups -OCH3 is 3. The van der Waals surface area contributed by atoms with E-state index in [9.17, 15) is 19.8 Å². The summed E-state index contributed by atoms with van der Waals surface area (Å²) >= 11 is 0. The Morgan fingerprint density at radius 2 is 1.71 bits per heavy atom. The number of para-hydroxylation sites is 1. The van der Waals surface area contributed by atoms with E-state index in [1.54, 1.807) is 7.11 Å². The first-order valence-electron chi connectivity index (χ1n) is 21.2. The van der Waals surface area contributed by atoms with Gasteiger partial charge in [0, 0.05) is 90.9 Å². The van der Waals surface area contributed by atoms with Crippen LogP contribution in [0.4, 0.5) is 5.69 Å². The maximum Gasteiger partial charge on any atom is 0.344 e. The first kappa shape index (κ1) is 40.0. The Balaban J connectivity index is 1.36. The summed E-state index contributed by atoms with van der Waals surface area (Å²) in [5.41, 5.74) is -1.62. The van der Waals surface area contributed by atoms with Crippen molar-refractivity contribution in [2.75, 3.05) is 66.0 Å². The second-order valence-electron chi connectivity index (χ2n) is 18.2. The largest absolute Gasteiger partial charge is 0.496 e. The van der Waals surface area contributed by atoms with Gasteiger partial charge in [-0.15, -0.1) is 0 Å². The Bertz CT molecular complexity index is 2260. The van der Waals surface area contributed by atoms with Gasteiger partial charge in [0.05, 0.1) is 33.0 Å². The number of nitrogens with zero attached hydrogens (tertiary/aromatic N) is 3. The van der Waals surface area contributed by atoms with E-state index in [-0.39, 0.29) is 12.0 Å². The van der Waals surface area contributed by atoms with Crippen LogP contribution in [0.25, 0.3) is 10.9 Å². The Morgan fingerprint density at radius 3 is 2.41 bits per heavy atom. The quantitative estimate of drug-likeness (QED) is 0.180. The van der Waals surface area contributed by atoms with E-state index in [0.29, 0.717) is 82.6 Å². The molecule has 2 bridgehead atoms. The van der Waals surface area contributed by atoms with Crippen LogP contribution in [0.3, 0.4) is 0 Å². The summed E-state index contributed by atoms with van der Waals surface area (Å²) in [6.07, 6.45) is 5.94. The fraction of sp³-hybridized carbons (Fsp3) is 0.587. The number of aliphatic hydroxyl groups is 2. The van der Waals surface area contributed by atoms with Crippen molar-refractivity contribution in [3.8, 4) is 5.75 Å². The van der Waals surface area contributed by atoms with Crippen LogP contribution in [0.2, 0.25) is 0 Å². The first-order valence-corrected chi connectivity index (χ1v) is 21.2. The number of nitrogens with one attached hydrogen (secondary N) is 1. The lowest BCUT2D eigenvalue weighted by Gasteiger charge is -2.63. The molecule has 1 unspecified atom stereocenters. The molecule has 3 fully saturated rings. The van der Waals surface area contributed by atoms with Crippen LogP contribution in [0.1, 0.15) is 75.3 Å². The molecule has 59 heavy (non-hydrogen) atoms. The van der Waals surface area contributed by atoms with Gasteiger partial charge in [0.1, 0.15) is 11.2 Å². The molecule has 3 N–H and O–H groups in total. The highest BCUT2D eigenvalue weighted by Crippen LogP contribution is 2.68. The van der Waals surface area contributed by atoms with Gasteiger partial charge in [0.15, 0.2) is 6.10 Å². The highest BCUT2D eigenvalue weighted by Gasteiger charge is 2.80. The molecule has 10 atom stereocenters. The lowest BCUT2D eigenvalue weighted by molar-refractivity contribution is -0.228. The van der Waals surface area contributed by atoms with Gasteiger partial charge in [-0.25, -0.2) is 4.79 Å². The van der Waals surface area contributed by atoms with Crippen LogP contribution < -0.4 is 9.64 Å². The standard InChI is InChI=1S/C46H58N4O9/c1-8-42(54)23-28-24-45(40(52)57-6,36-30(15-19-49(25-28)26-42)29-13-10-11-14-33(29)47-36)32-21-31-34(22-35(32)56-5)48(4)38-44(31)17-20-50-18-12-16-43(9-2,37(44)50)39(59-27(3)51)46(38,55)41(53)58-7/h10-14,16,21-22,28,37-39,47,54-55H,8-9,15,17-20,23-26H2,1-7H3/t28-,37+,38+,39-,42+,43-,44+,45-,46-/m1/s1. The zero-order valence-corrected chi connectivity index (χ0v) is 35.3. The van der Waals surface area contributed by atoms with Gasteiger partial charge in [-0.1, -0.05) is 44.2 Å². The number of rotatable bonds is 7. The summed E-state index contributed by atoms with van der Waals surface area (Å²) in [5, 5.41) is 26.3. The maximum absolute atomic E-state index is 15.3. The number of anilines is 1. The predicted molar refractivity (Wildman–Crippen MR) is 220 cm³/mol. The van der Waals surface area contributed by atoms with Crippen molar-refractivity contribution in [3.63, 3.8) is 0 Å². The molecular weight excluding hydrogens is 753 g/mol. The number of esters is 3. The molecular formula is C46H58N4O9.